The van der Waals surface area contributed by atoms with Crippen LogP contribution in [0.15, 0.2) is 18.2 Å². The van der Waals surface area contributed by atoms with E-state index in [0.717, 1.165) is 12.0 Å². The number of thiocarbonyl (C=S) groups is 1. The summed E-state index contributed by atoms with van der Waals surface area (Å²) < 4.78 is 10.7. The summed E-state index contributed by atoms with van der Waals surface area (Å²) in [5.74, 6) is 1.28. The minimum Gasteiger partial charge on any atom is -0.493 e. The van der Waals surface area contributed by atoms with E-state index in [-0.39, 0.29) is 6.61 Å². The van der Waals surface area contributed by atoms with E-state index >= 15 is 0 Å². The number of methoxy groups -OCH3 is 1. The molecule has 0 fully saturated rings. The fraction of sp³-hybridized carbons (Fsp3) is 0.417. The molecule has 0 saturated heterocycles. The predicted octanol–water partition coefficient (Wildman–Crippen LogP) is 1.63. The molecule has 1 aromatic carbocycles. The largest absolute Gasteiger partial charge is 0.493 e. The molecule has 0 radical (unpaired) electrons. The first-order valence-corrected chi connectivity index (χ1v) is 5.77. The van der Waals surface area contributed by atoms with Gasteiger partial charge in [0.1, 0.15) is 0 Å². The van der Waals surface area contributed by atoms with Crippen molar-refractivity contribution in [3.05, 3.63) is 23.8 Å². The summed E-state index contributed by atoms with van der Waals surface area (Å²) in [4.78, 5) is 0.496. The van der Waals surface area contributed by atoms with Gasteiger partial charge in [-0.2, -0.15) is 0 Å². The van der Waals surface area contributed by atoms with E-state index in [1.54, 1.807) is 25.3 Å². The minimum absolute atomic E-state index is 0.0158. The van der Waals surface area contributed by atoms with Crippen molar-refractivity contribution >= 4 is 17.2 Å². The van der Waals surface area contributed by atoms with Gasteiger partial charge in [0.2, 0.25) is 0 Å². The van der Waals surface area contributed by atoms with Crippen LogP contribution in [0.5, 0.6) is 11.5 Å². The molecular formula is C12H17NO3S. The van der Waals surface area contributed by atoms with Gasteiger partial charge in [0, 0.05) is 6.42 Å². The van der Waals surface area contributed by atoms with Crippen molar-refractivity contribution in [1.82, 2.24) is 0 Å². The second-order valence-electron chi connectivity index (χ2n) is 3.56. The van der Waals surface area contributed by atoms with Crippen molar-refractivity contribution in [2.45, 2.75) is 19.4 Å². The summed E-state index contributed by atoms with van der Waals surface area (Å²) in [6.07, 6.45) is 1.45. The lowest BCUT2D eigenvalue weighted by molar-refractivity contribution is 0.276. The number of benzene rings is 1. The van der Waals surface area contributed by atoms with Crippen LogP contribution in [-0.4, -0.2) is 23.8 Å². The number of aliphatic hydroxyl groups is 1. The zero-order chi connectivity index (χ0) is 12.7. The first kappa shape index (κ1) is 13.7. The Bertz CT molecular complexity index is 382. The van der Waals surface area contributed by atoms with Crippen molar-refractivity contribution in [3.63, 3.8) is 0 Å². The molecule has 17 heavy (non-hydrogen) atoms. The molecule has 0 aliphatic carbocycles. The monoisotopic (exact) mass is 255 g/mol. The third-order valence-corrected chi connectivity index (χ3v) is 2.44. The lowest BCUT2D eigenvalue weighted by Gasteiger charge is -2.11. The lowest BCUT2D eigenvalue weighted by atomic mass is 10.2. The zero-order valence-electron chi connectivity index (χ0n) is 9.81. The summed E-state index contributed by atoms with van der Waals surface area (Å²) >= 11 is 4.78. The Hall–Kier alpha value is -1.33. The first-order valence-electron chi connectivity index (χ1n) is 5.36. The number of hydrogen-bond acceptors (Lipinski definition) is 4. The maximum Gasteiger partial charge on any atom is 0.161 e. The number of ether oxygens (including phenoxy) is 2. The summed E-state index contributed by atoms with van der Waals surface area (Å²) in [5, 5.41) is 9.00. The van der Waals surface area contributed by atoms with Gasteiger partial charge in [-0.05, 0) is 24.1 Å². The molecule has 0 saturated carbocycles. The summed E-state index contributed by atoms with van der Waals surface area (Å²) in [5.41, 5.74) is 6.18. The Morgan fingerprint density at radius 2 is 2.18 bits per heavy atom. The number of aliphatic hydroxyl groups excluding tert-OH is 1. The van der Waals surface area contributed by atoms with Gasteiger partial charge in [-0.3, -0.25) is 0 Å². The molecule has 1 rings (SSSR count). The SMILES string of the molecule is COc1cc(CO)ccc1OCCCC(N)=S. The van der Waals surface area contributed by atoms with Crippen molar-refractivity contribution in [1.29, 1.82) is 0 Å². The van der Waals surface area contributed by atoms with E-state index in [4.69, 9.17) is 32.5 Å². The number of nitrogens with two attached hydrogens (primary N) is 1. The van der Waals surface area contributed by atoms with Crippen LogP contribution in [0, 0.1) is 0 Å². The highest BCUT2D eigenvalue weighted by molar-refractivity contribution is 7.80. The average molecular weight is 255 g/mol. The van der Waals surface area contributed by atoms with Crippen LogP contribution in [0.2, 0.25) is 0 Å². The van der Waals surface area contributed by atoms with Crippen LogP contribution in [-0.2, 0) is 6.61 Å². The highest BCUT2D eigenvalue weighted by Crippen LogP contribution is 2.28. The Labute approximate surface area is 106 Å². The molecule has 0 heterocycles. The second kappa shape index (κ2) is 7.09. The Kier molecular flexibility index (Phi) is 5.72. The molecule has 0 atom stereocenters. The highest BCUT2D eigenvalue weighted by Gasteiger charge is 2.05. The van der Waals surface area contributed by atoms with Crippen LogP contribution in [0.25, 0.3) is 0 Å². The molecule has 0 aliphatic rings. The molecule has 3 N–H and O–H groups in total. The van der Waals surface area contributed by atoms with E-state index < -0.39 is 0 Å². The van der Waals surface area contributed by atoms with Gasteiger partial charge in [0.15, 0.2) is 11.5 Å². The van der Waals surface area contributed by atoms with E-state index in [9.17, 15) is 0 Å². The smallest absolute Gasteiger partial charge is 0.161 e. The summed E-state index contributed by atoms with van der Waals surface area (Å²) in [7, 11) is 1.57. The summed E-state index contributed by atoms with van der Waals surface area (Å²) in [6.45, 7) is 0.518. The van der Waals surface area contributed by atoms with Gasteiger partial charge in [-0.1, -0.05) is 18.3 Å². The maximum atomic E-state index is 9.00. The molecule has 0 amide bonds. The van der Waals surface area contributed by atoms with Crippen LogP contribution < -0.4 is 15.2 Å². The van der Waals surface area contributed by atoms with Crippen LogP contribution in [0.4, 0.5) is 0 Å². The maximum absolute atomic E-state index is 9.00. The van der Waals surface area contributed by atoms with Gasteiger partial charge in [-0.15, -0.1) is 0 Å². The van der Waals surface area contributed by atoms with Crippen molar-refractivity contribution in [2.75, 3.05) is 13.7 Å². The molecule has 5 heteroatoms. The molecule has 1 aromatic rings. The molecule has 0 unspecified atom stereocenters. The van der Waals surface area contributed by atoms with Crippen LogP contribution >= 0.6 is 12.2 Å². The molecule has 4 nitrogen and oxygen atoms in total. The topological polar surface area (TPSA) is 64.7 Å². The third-order valence-electron chi connectivity index (χ3n) is 2.24. The van der Waals surface area contributed by atoms with E-state index in [2.05, 4.69) is 0 Å². The van der Waals surface area contributed by atoms with Crippen molar-refractivity contribution < 1.29 is 14.6 Å². The predicted molar refractivity (Wildman–Crippen MR) is 70.4 cm³/mol. The quantitative estimate of drug-likeness (QED) is 0.572. The highest BCUT2D eigenvalue weighted by atomic mass is 32.1. The second-order valence-corrected chi connectivity index (χ2v) is 4.09. The Morgan fingerprint density at radius 1 is 1.41 bits per heavy atom. The fourth-order valence-corrected chi connectivity index (χ4v) is 1.50. The molecule has 0 spiro atoms. The van der Waals surface area contributed by atoms with Gasteiger partial charge < -0.3 is 20.3 Å². The normalized spacial score (nSPS) is 10.0. The van der Waals surface area contributed by atoms with Gasteiger partial charge in [-0.25, -0.2) is 0 Å². The third kappa shape index (κ3) is 4.58. The first-order chi connectivity index (χ1) is 8.17. The lowest BCUT2D eigenvalue weighted by Crippen LogP contribution is -2.09. The zero-order valence-corrected chi connectivity index (χ0v) is 10.6. The Balaban J connectivity index is 2.55. The minimum atomic E-state index is -0.0158. The summed E-state index contributed by atoms with van der Waals surface area (Å²) in [6, 6.07) is 5.33. The van der Waals surface area contributed by atoms with Gasteiger partial charge in [0.05, 0.1) is 25.3 Å². The van der Waals surface area contributed by atoms with E-state index in [0.29, 0.717) is 29.5 Å². The van der Waals surface area contributed by atoms with E-state index in [1.165, 1.54) is 0 Å². The number of rotatable bonds is 7. The molecule has 0 bridgehead atoms. The standard InChI is InChI=1S/C12H17NO3S/c1-15-11-7-9(8-14)4-5-10(11)16-6-2-3-12(13)17/h4-5,7,14H,2-3,6,8H2,1H3,(H2,13,17). The average Bonchev–Trinajstić information content (AvgIpc) is 2.34. The van der Waals surface area contributed by atoms with Crippen molar-refractivity contribution in [2.24, 2.45) is 5.73 Å². The van der Waals surface area contributed by atoms with Crippen LogP contribution in [0.3, 0.4) is 0 Å². The van der Waals surface area contributed by atoms with Gasteiger partial charge in [0.25, 0.3) is 0 Å². The van der Waals surface area contributed by atoms with Gasteiger partial charge >= 0.3 is 0 Å². The number of hydrogen-bond donors (Lipinski definition) is 2. The van der Waals surface area contributed by atoms with E-state index in [1.807, 2.05) is 0 Å². The molecule has 0 aromatic heterocycles. The Morgan fingerprint density at radius 3 is 2.76 bits per heavy atom. The molecular weight excluding hydrogens is 238 g/mol. The fourth-order valence-electron chi connectivity index (χ4n) is 1.36. The van der Waals surface area contributed by atoms with Crippen LogP contribution in [0.1, 0.15) is 18.4 Å². The van der Waals surface area contributed by atoms with Crippen molar-refractivity contribution in [3.8, 4) is 11.5 Å². The molecule has 94 valence electrons. The molecule has 0 aliphatic heterocycles.